The van der Waals surface area contributed by atoms with Crippen LogP contribution in [0.4, 0.5) is 0 Å². The average molecular weight is 215 g/mol. The maximum atomic E-state index is 11.3. The number of nitrogens with one attached hydrogen (secondary N) is 1. The summed E-state index contributed by atoms with van der Waals surface area (Å²) in [5, 5.41) is 3.44. The van der Waals surface area contributed by atoms with Crippen molar-refractivity contribution in [1.29, 1.82) is 0 Å². The summed E-state index contributed by atoms with van der Waals surface area (Å²) < 4.78 is 4.73. The molecule has 3 heteroatoms. The number of hydrogen-bond acceptors (Lipinski definition) is 3. The van der Waals surface area contributed by atoms with Crippen LogP contribution in [0.1, 0.15) is 47.0 Å². The predicted octanol–water partition coefficient (Wildman–Crippen LogP) is 2.35. The molecular formula is C12H25NO2. The van der Waals surface area contributed by atoms with Gasteiger partial charge in [0.05, 0.1) is 13.5 Å². The average Bonchev–Trinajstić information content (AvgIpc) is 2.13. The summed E-state index contributed by atoms with van der Waals surface area (Å²) >= 11 is 0. The van der Waals surface area contributed by atoms with E-state index in [1.165, 1.54) is 7.11 Å². The van der Waals surface area contributed by atoms with E-state index in [4.69, 9.17) is 4.74 Å². The summed E-state index contributed by atoms with van der Waals surface area (Å²) in [6.07, 6.45) is 2.51. The van der Waals surface area contributed by atoms with Crippen LogP contribution in [-0.2, 0) is 9.53 Å². The van der Waals surface area contributed by atoms with E-state index in [2.05, 4.69) is 33.0 Å². The van der Waals surface area contributed by atoms with Crippen LogP contribution in [0, 0.1) is 5.92 Å². The lowest BCUT2D eigenvalue weighted by Gasteiger charge is -2.31. The minimum absolute atomic E-state index is 0.128. The zero-order valence-electron chi connectivity index (χ0n) is 10.7. The lowest BCUT2D eigenvalue weighted by Crippen LogP contribution is -2.45. The molecule has 0 fully saturated rings. The van der Waals surface area contributed by atoms with E-state index in [-0.39, 0.29) is 11.5 Å². The zero-order chi connectivity index (χ0) is 11.9. The van der Waals surface area contributed by atoms with Crippen LogP contribution < -0.4 is 5.32 Å². The number of ether oxygens (including phenoxy) is 1. The van der Waals surface area contributed by atoms with Crippen LogP contribution in [0.15, 0.2) is 0 Å². The fourth-order valence-electron chi connectivity index (χ4n) is 1.93. The molecule has 0 saturated carbocycles. The Balaban J connectivity index is 4.32. The van der Waals surface area contributed by atoms with Gasteiger partial charge in [-0.15, -0.1) is 0 Å². The Bertz CT molecular complexity index is 192. The van der Waals surface area contributed by atoms with Gasteiger partial charge in [-0.1, -0.05) is 20.8 Å². The van der Waals surface area contributed by atoms with Crippen LogP contribution in [0.5, 0.6) is 0 Å². The molecule has 3 nitrogen and oxygen atoms in total. The maximum Gasteiger partial charge on any atom is 0.307 e. The molecule has 0 aliphatic rings. The maximum absolute atomic E-state index is 11.3. The summed E-state index contributed by atoms with van der Waals surface area (Å²) in [5.41, 5.74) is -0.128. The molecule has 0 heterocycles. The van der Waals surface area contributed by atoms with E-state index in [9.17, 15) is 4.79 Å². The van der Waals surface area contributed by atoms with Crippen LogP contribution in [0.2, 0.25) is 0 Å². The second-order valence-electron chi connectivity index (χ2n) is 4.84. The van der Waals surface area contributed by atoms with Gasteiger partial charge < -0.3 is 10.1 Å². The summed E-state index contributed by atoms with van der Waals surface area (Å²) in [6.45, 7) is 9.51. The first kappa shape index (κ1) is 14.4. The number of carbonyl (C=O) groups is 1. The molecule has 0 aromatic carbocycles. The number of methoxy groups -OCH3 is 1. The van der Waals surface area contributed by atoms with Gasteiger partial charge in [0.25, 0.3) is 0 Å². The largest absolute Gasteiger partial charge is 0.469 e. The van der Waals surface area contributed by atoms with E-state index in [0.717, 1.165) is 19.4 Å². The molecule has 0 saturated heterocycles. The highest BCUT2D eigenvalue weighted by molar-refractivity contribution is 5.70. The predicted molar refractivity (Wildman–Crippen MR) is 62.8 cm³/mol. The molecule has 0 aliphatic carbocycles. The van der Waals surface area contributed by atoms with E-state index in [1.807, 2.05) is 0 Å². The number of esters is 1. The van der Waals surface area contributed by atoms with Crippen molar-refractivity contribution >= 4 is 5.97 Å². The molecule has 0 spiro atoms. The van der Waals surface area contributed by atoms with E-state index in [1.54, 1.807) is 0 Å². The first-order valence-electron chi connectivity index (χ1n) is 5.75. The third kappa shape index (κ3) is 6.50. The summed E-state index contributed by atoms with van der Waals surface area (Å²) in [4.78, 5) is 11.3. The van der Waals surface area contributed by atoms with Gasteiger partial charge in [0.2, 0.25) is 0 Å². The molecule has 0 rings (SSSR count). The molecule has 0 amide bonds. The molecule has 0 bridgehead atoms. The monoisotopic (exact) mass is 215 g/mol. The molecule has 1 atom stereocenters. The third-order valence-corrected chi connectivity index (χ3v) is 2.42. The quantitative estimate of drug-likeness (QED) is 0.662. The molecule has 90 valence electrons. The van der Waals surface area contributed by atoms with Gasteiger partial charge in [-0.05, 0) is 32.2 Å². The van der Waals surface area contributed by atoms with Crippen molar-refractivity contribution in [3.63, 3.8) is 0 Å². The van der Waals surface area contributed by atoms with Gasteiger partial charge in [0, 0.05) is 5.54 Å². The van der Waals surface area contributed by atoms with Gasteiger partial charge in [0.15, 0.2) is 0 Å². The van der Waals surface area contributed by atoms with Gasteiger partial charge in [-0.25, -0.2) is 0 Å². The first-order chi connectivity index (χ1) is 6.93. The lowest BCUT2D eigenvalue weighted by atomic mass is 9.87. The molecule has 1 N–H and O–H groups in total. The highest BCUT2D eigenvalue weighted by atomic mass is 16.5. The Kier molecular flexibility index (Phi) is 6.57. The van der Waals surface area contributed by atoms with Crippen LogP contribution >= 0.6 is 0 Å². The summed E-state index contributed by atoms with van der Waals surface area (Å²) in [7, 11) is 1.44. The minimum Gasteiger partial charge on any atom is -0.469 e. The molecule has 1 unspecified atom stereocenters. The van der Waals surface area contributed by atoms with Crippen molar-refractivity contribution in [1.82, 2.24) is 5.32 Å². The Hall–Kier alpha value is -0.570. The summed E-state index contributed by atoms with van der Waals surface area (Å²) in [6, 6.07) is 0. The summed E-state index contributed by atoms with van der Waals surface area (Å²) in [5.74, 6) is 0.436. The molecule has 0 aromatic heterocycles. The lowest BCUT2D eigenvalue weighted by molar-refractivity contribution is -0.142. The highest BCUT2D eigenvalue weighted by Gasteiger charge is 2.27. The van der Waals surface area contributed by atoms with Crippen molar-refractivity contribution in [3.05, 3.63) is 0 Å². The Morgan fingerprint density at radius 1 is 1.47 bits per heavy atom. The van der Waals surface area contributed by atoms with E-state index in [0.29, 0.717) is 12.3 Å². The second kappa shape index (κ2) is 6.83. The third-order valence-electron chi connectivity index (χ3n) is 2.42. The van der Waals surface area contributed by atoms with E-state index >= 15 is 0 Å². The highest BCUT2D eigenvalue weighted by Crippen LogP contribution is 2.20. The number of rotatable bonds is 7. The van der Waals surface area contributed by atoms with Crippen LogP contribution in [0.3, 0.4) is 0 Å². The molecular weight excluding hydrogens is 190 g/mol. The molecule has 0 aliphatic heterocycles. The van der Waals surface area contributed by atoms with Gasteiger partial charge in [-0.2, -0.15) is 0 Å². The standard InChI is InChI=1S/C12H25NO2/c1-6-7-13-12(4,8-10(2)3)9-11(14)15-5/h10,13H,6-9H2,1-5H3. The fraction of sp³-hybridized carbons (Fsp3) is 0.917. The Labute approximate surface area is 93.6 Å². The van der Waals surface area contributed by atoms with Gasteiger partial charge in [-0.3, -0.25) is 4.79 Å². The fourth-order valence-corrected chi connectivity index (χ4v) is 1.93. The second-order valence-corrected chi connectivity index (χ2v) is 4.84. The normalized spacial score (nSPS) is 15.1. The topological polar surface area (TPSA) is 38.3 Å². The minimum atomic E-state index is -0.137. The van der Waals surface area contributed by atoms with Gasteiger partial charge >= 0.3 is 5.97 Å². The number of carbonyl (C=O) groups excluding carboxylic acids is 1. The smallest absolute Gasteiger partial charge is 0.307 e. The number of hydrogen-bond donors (Lipinski definition) is 1. The van der Waals surface area contributed by atoms with Crippen molar-refractivity contribution in [2.45, 2.75) is 52.5 Å². The van der Waals surface area contributed by atoms with Crippen LogP contribution in [-0.4, -0.2) is 25.2 Å². The molecule has 15 heavy (non-hydrogen) atoms. The van der Waals surface area contributed by atoms with Crippen molar-refractivity contribution in [3.8, 4) is 0 Å². The molecule has 0 aromatic rings. The van der Waals surface area contributed by atoms with Crippen molar-refractivity contribution in [2.24, 2.45) is 5.92 Å². The van der Waals surface area contributed by atoms with Crippen LogP contribution in [0.25, 0.3) is 0 Å². The Morgan fingerprint density at radius 3 is 2.47 bits per heavy atom. The Morgan fingerprint density at radius 2 is 2.07 bits per heavy atom. The van der Waals surface area contributed by atoms with Crippen molar-refractivity contribution < 1.29 is 9.53 Å². The molecule has 0 radical (unpaired) electrons. The SMILES string of the molecule is CCCNC(C)(CC(=O)OC)CC(C)C. The first-order valence-corrected chi connectivity index (χ1v) is 5.75. The van der Waals surface area contributed by atoms with Gasteiger partial charge in [0.1, 0.15) is 0 Å². The van der Waals surface area contributed by atoms with Crippen molar-refractivity contribution in [2.75, 3.05) is 13.7 Å². The van der Waals surface area contributed by atoms with E-state index < -0.39 is 0 Å². The zero-order valence-corrected chi connectivity index (χ0v) is 10.7.